The molecule has 3 aliphatic rings. The lowest BCUT2D eigenvalue weighted by Crippen LogP contribution is -2.33. The van der Waals surface area contributed by atoms with Crippen LogP contribution in [0.15, 0.2) is 54.7 Å². The van der Waals surface area contributed by atoms with Gasteiger partial charge in [-0.05, 0) is 55.8 Å². The minimum atomic E-state index is -0.288. The average molecular weight is 594 g/mol. The first-order valence-electron chi connectivity index (χ1n) is 15.4. The Labute approximate surface area is 257 Å². The second-order valence-corrected chi connectivity index (χ2v) is 12.6. The number of nitrogens with one attached hydrogen (secondary N) is 1. The van der Waals surface area contributed by atoms with E-state index in [1.807, 2.05) is 23.1 Å². The monoisotopic (exact) mass is 593 g/mol. The largest absolute Gasteiger partial charge is 0.383 e. The van der Waals surface area contributed by atoms with Crippen LogP contribution in [-0.4, -0.2) is 73.9 Å². The van der Waals surface area contributed by atoms with Gasteiger partial charge in [0.25, 0.3) is 5.91 Å². The summed E-state index contributed by atoms with van der Waals surface area (Å²) in [5.74, 6) is 0.919. The van der Waals surface area contributed by atoms with Crippen LogP contribution in [0, 0.1) is 23.2 Å². The van der Waals surface area contributed by atoms with E-state index in [4.69, 9.17) is 11.0 Å². The summed E-state index contributed by atoms with van der Waals surface area (Å²) in [6.07, 6.45) is 14.8. The number of amides is 2. The van der Waals surface area contributed by atoms with Crippen LogP contribution in [0.3, 0.4) is 0 Å². The number of anilines is 2. The predicted molar refractivity (Wildman–Crippen MR) is 168 cm³/mol. The van der Waals surface area contributed by atoms with Gasteiger partial charge in [-0.1, -0.05) is 32.1 Å². The second kappa shape index (κ2) is 12.2. The van der Waals surface area contributed by atoms with Crippen LogP contribution >= 0.6 is 0 Å². The highest BCUT2D eigenvalue weighted by molar-refractivity contribution is 6.05. The Morgan fingerprint density at radius 3 is 2.82 bits per heavy atom. The van der Waals surface area contributed by atoms with Crippen LogP contribution in [-0.2, 0) is 9.59 Å². The second-order valence-electron chi connectivity index (χ2n) is 12.6. The van der Waals surface area contributed by atoms with E-state index in [1.165, 1.54) is 25.4 Å². The van der Waals surface area contributed by atoms with Gasteiger partial charge in [-0.3, -0.25) is 9.59 Å². The molecular weight excluding hydrogens is 554 g/mol. The van der Waals surface area contributed by atoms with Gasteiger partial charge in [0.05, 0.1) is 23.1 Å². The number of nitrogens with two attached hydrogens (primary N) is 1. The Morgan fingerprint density at radius 2 is 2.07 bits per heavy atom. The Balaban J connectivity index is 1.17. The molecule has 2 amide bonds. The van der Waals surface area contributed by atoms with Crippen molar-refractivity contribution in [1.29, 1.82) is 5.26 Å². The van der Waals surface area contributed by atoms with Crippen LogP contribution in [0.1, 0.15) is 62.6 Å². The topological polar surface area (TPSA) is 146 Å². The summed E-state index contributed by atoms with van der Waals surface area (Å²) in [6, 6.07) is 5.97. The lowest BCUT2D eigenvalue weighted by atomic mass is 9.82. The number of hydrogen-bond donors (Lipinski definition) is 2. The number of hydrogen-bond acceptors (Lipinski definition) is 8. The molecule has 44 heavy (non-hydrogen) atoms. The van der Waals surface area contributed by atoms with Crippen molar-refractivity contribution < 1.29 is 9.59 Å². The number of carbonyl (C=O) groups is 2. The third-order valence-corrected chi connectivity index (χ3v) is 9.11. The van der Waals surface area contributed by atoms with Gasteiger partial charge in [-0.2, -0.15) is 5.26 Å². The molecule has 6 rings (SSSR count). The molecule has 3 N–H and O–H groups in total. The van der Waals surface area contributed by atoms with Crippen molar-refractivity contribution in [3.8, 4) is 6.07 Å². The first-order valence-corrected chi connectivity index (χ1v) is 15.4. The predicted octanol–water partition coefficient (Wildman–Crippen LogP) is 4.03. The highest BCUT2D eigenvalue weighted by Gasteiger charge is 2.33. The Morgan fingerprint density at radius 1 is 1.25 bits per heavy atom. The highest BCUT2D eigenvalue weighted by atomic mass is 16.2. The number of fused-ring (bicyclic) bond motifs is 1. The fourth-order valence-corrected chi connectivity index (χ4v) is 6.63. The van der Waals surface area contributed by atoms with Crippen LogP contribution < -0.4 is 11.1 Å². The molecule has 2 aliphatic carbocycles. The molecule has 11 heteroatoms. The maximum absolute atomic E-state index is 13.2. The van der Waals surface area contributed by atoms with Gasteiger partial charge in [-0.25, -0.2) is 15.0 Å². The number of aromatic nitrogens is 4. The van der Waals surface area contributed by atoms with E-state index in [2.05, 4.69) is 62.9 Å². The van der Waals surface area contributed by atoms with E-state index in [0.29, 0.717) is 47.7 Å². The molecule has 228 valence electrons. The molecule has 1 aliphatic heterocycles. The van der Waals surface area contributed by atoms with Crippen LogP contribution in [0.5, 0.6) is 0 Å². The van der Waals surface area contributed by atoms with E-state index in [9.17, 15) is 9.59 Å². The molecule has 3 aromatic heterocycles. The van der Waals surface area contributed by atoms with E-state index in [1.54, 1.807) is 12.1 Å². The molecule has 1 saturated carbocycles. The summed E-state index contributed by atoms with van der Waals surface area (Å²) in [5, 5.41) is 12.7. The summed E-state index contributed by atoms with van der Waals surface area (Å²) in [6.45, 7) is 6.54. The normalized spacial score (nSPS) is 22.2. The van der Waals surface area contributed by atoms with Crippen molar-refractivity contribution in [2.24, 2.45) is 11.8 Å². The zero-order valence-corrected chi connectivity index (χ0v) is 25.5. The molecule has 1 saturated heterocycles. The van der Waals surface area contributed by atoms with Crippen LogP contribution in [0.2, 0.25) is 0 Å². The van der Waals surface area contributed by atoms with Crippen molar-refractivity contribution in [2.75, 3.05) is 37.7 Å². The zero-order valence-electron chi connectivity index (χ0n) is 25.5. The van der Waals surface area contributed by atoms with Crippen molar-refractivity contribution in [3.63, 3.8) is 0 Å². The van der Waals surface area contributed by atoms with Crippen molar-refractivity contribution in [3.05, 3.63) is 65.8 Å². The molecular formula is C33H39N9O2. The van der Waals surface area contributed by atoms with Gasteiger partial charge >= 0.3 is 0 Å². The Bertz CT molecular complexity index is 1680. The molecule has 0 radical (unpaired) electrons. The van der Waals surface area contributed by atoms with E-state index < -0.39 is 0 Å². The third-order valence-electron chi connectivity index (χ3n) is 9.11. The molecule has 4 heterocycles. The van der Waals surface area contributed by atoms with Crippen LogP contribution in [0.4, 0.5) is 11.6 Å². The van der Waals surface area contributed by atoms with Gasteiger partial charge in [0.1, 0.15) is 23.6 Å². The molecule has 0 aromatic carbocycles. The molecule has 3 aromatic rings. The summed E-state index contributed by atoms with van der Waals surface area (Å²) < 4.78 is 2.17. The Kier molecular flexibility index (Phi) is 8.19. The zero-order chi connectivity index (χ0) is 31.0. The Hall–Kier alpha value is -4.56. The van der Waals surface area contributed by atoms with Crippen molar-refractivity contribution in [1.82, 2.24) is 29.3 Å². The first kappa shape index (κ1) is 29.5. The van der Waals surface area contributed by atoms with Gasteiger partial charge < -0.3 is 25.4 Å². The lowest BCUT2D eigenvalue weighted by Gasteiger charge is -2.23. The minimum Gasteiger partial charge on any atom is -0.383 e. The SMILES string of the molecule is CC(CC(=O)N1CC[C@@H](n2cc(C3C=CC(C(=O)Nc4cc(C#N)ccn4)=CC3C)c3c(N)ncnc32)C1)CN(C)C1CC1. The highest BCUT2D eigenvalue weighted by Crippen LogP contribution is 2.40. The summed E-state index contributed by atoms with van der Waals surface area (Å²) >= 11 is 0. The molecule has 0 bridgehead atoms. The smallest absolute Gasteiger partial charge is 0.256 e. The lowest BCUT2D eigenvalue weighted by molar-refractivity contribution is -0.131. The molecule has 3 unspecified atom stereocenters. The molecule has 2 fully saturated rings. The summed E-state index contributed by atoms with van der Waals surface area (Å²) in [4.78, 5) is 43.7. The number of pyridine rings is 1. The summed E-state index contributed by atoms with van der Waals surface area (Å²) in [7, 11) is 2.16. The maximum Gasteiger partial charge on any atom is 0.256 e. The molecule has 4 atom stereocenters. The van der Waals surface area contributed by atoms with Crippen molar-refractivity contribution in [2.45, 2.75) is 57.5 Å². The number of allylic oxidation sites excluding steroid dienone is 2. The number of rotatable bonds is 9. The number of nitriles is 1. The standard InChI is InChI=1S/C33H39N9O2/c1-20(16-40(3)24-5-6-24)12-29(43)41-11-9-25(17-41)42-18-27(30-31(35)37-19-38-32(30)42)26-7-4-23(13-21(26)2)33(44)39-28-14-22(15-34)8-10-36-28/h4,7-8,10,13-14,18-21,24-26H,5-6,9,11-12,16-17H2,1-3H3,(H2,35,37,38)(H,36,39,44)/t20?,21?,25-,26?/m1/s1. The van der Waals surface area contributed by atoms with E-state index in [0.717, 1.165) is 36.1 Å². The maximum atomic E-state index is 13.2. The quantitative estimate of drug-likeness (QED) is 0.378. The average Bonchev–Trinajstić information content (AvgIpc) is 3.62. The first-order chi connectivity index (χ1) is 21.2. The van der Waals surface area contributed by atoms with Crippen molar-refractivity contribution >= 4 is 34.5 Å². The number of carbonyl (C=O) groups excluding carboxylic acids is 2. The van der Waals surface area contributed by atoms with E-state index in [-0.39, 0.29) is 29.7 Å². The van der Waals surface area contributed by atoms with Gasteiger partial charge in [0, 0.05) is 56.0 Å². The van der Waals surface area contributed by atoms with Crippen LogP contribution in [0.25, 0.3) is 11.0 Å². The van der Waals surface area contributed by atoms with Gasteiger partial charge in [-0.15, -0.1) is 0 Å². The molecule has 0 spiro atoms. The van der Waals surface area contributed by atoms with Gasteiger partial charge in [0.15, 0.2) is 0 Å². The third kappa shape index (κ3) is 6.08. The van der Waals surface area contributed by atoms with Gasteiger partial charge in [0.2, 0.25) is 5.91 Å². The van der Waals surface area contributed by atoms with E-state index >= 15 is 0 Å². The minimum absolute atomic E-state index is 0.0188. The number of nitrogen functional groups attached to an aromatic ring is 1. The summed E-state index contributed by atoms with van der Waals surface area (Å²) in [5.41, 5.74) is 9.15. The molecule has 11 nitrogen and oxygen atoms in total. The number of likely N-dealkylation sites (tertiary alicyclic amines) is 1. The number of nitrogens with zero attached hydrogens (tertiary/aromatic N) is 7. The fraction of sp³-hybridized carbons (Fsp3) is 0.455. The fourth-order valence-electron chi connectivity index (χ4n) is 6.63.